The first-order chi connectivity index (χ1) is 15.6. The molecule has 1 saturated carbocycles. The van der Waals surface area contributed by atoms with E-state index in [0.29, 0.717) is 13.1 Å². The molecule has 2 fully saturated rings. The fourth-order valence-electron chi connectivity index (χ4n) is 4.36. The van der Waals surface area contributed by atoms with Gasteiger partial charge in [-0.25, -0.2) is 4.79 Å². The molecule has 1 aliphatic carbocycles. The number of esters is 1. The van der Waals surface area contributed by atoms with Crippen molar-refractivity contribution in [2.45, 2.75) is 44.2 Å². The van der Waals surface area contributed by atoms with Crippen LogP contribution in [-0.2, 0) is 25.6 Å². The zero-order valence-electron chi connectivity index (χ0n) is 18.6. The molecular weight excluding hydrogens is 412 g/mol. The molecule has 32 heavy (non-hydrogen) atoms. The Hall–Kier alpha value is -2.65. The average molecular weight is 447 g/mol. The molecule has 2 aliphatic rings. The lowest BCUT2D eigenvalue weighted by Crippen LogP contribution is -2.59. The number of carbonyl (C=O) groups excluding carboxylic acids is 3. The number of nitrogens with one attached hydrogen (secondary N) is 3. The molecule has 3 amide bonds. The Kier molecular flexibility index (Phi) is 9.30. The van der Waals surface area contributed by atoms with Gasteiger partial charge in [-0.3, -0.25) is 14.5 Å². The van der Waals surface area contributed by atoms with E-state index in [2.05, 4.69) is 20.9 Å². The fraction of sp³-hybridized carbons (Fsp3) is 0.609. The van der Waals surface area contributed by atoms with Crippen molar-refractivity contribution in [2.75, 3.05) is 46.0 Å². The first kappa shape index (κ1) is 24.0. The molecule has 3 N–H and O–H groups in total. The van der Waals surface area contributed by atoms with Gasteiger partial charge in [-0.1, -0.05) is 49.6 Å². The van der Waals surface area contributed by atoms with Crippen molar-refractivity contribution in [3.8, 4) is 0 Å². The van der Waals surface area contributed by atoms with Crippen LogP contribution >= 0.6 is 0 Å². The van der Waals surface area contributed by atoms with Crippen molar-refractivity contribution in [3.05, 3.63) is 35.9 Å². The number of rotatable bonds is 9. The molecule has 176 valence electrons. The summed E-state index contributed by atoms with van der Waals surface area (Å²) in [5.41, 5.74) is 0.912. The topological polar surface area (TPSA) is 109 Å². The number of nitrogens with zero attached hydrogens (tertiary/aromatic N) is 1. The molecule has 0 bridgehead atoms. The lowest BCUT2D eigenvalue weighted by Gasteiger charge is -2.48. The number of morpholine rings is 1. The first-order valence-corrected chi connectivity index (χ1v) is 11.4. The van der Waals surface area contributed by atoms with E-state index in [1.165, 1.54) is 6.42 Å². The zero-order valence-corrected chi connectivity index (χ0v) is 18.6. The van der Waals surface area contributed by atoms with Crippen LogP contribution in [0.15, 0.2) is 30.3 Å². The van der Waals surface area contributed by atoms with Gasteiger partial charge in [0.25, 0.3) is 5.91 Å². The SMILES string of the molecule is O=C(COC(=O)CNC(=O)NCc1ccccc1)NCC1(N2CCOCC2)CCCCC1. The van der Waals surface area contributed by atoms with Crippen LogP contribution < -0.4 is 16.0 Å². The summed E-state index contributed by atoms with van der Waals surface area (Å²) in [7, 11) is 0. The molecule has 0 aromatic heterocycles. The van der Waals surface area contributed by atoms with E-state index in [0.717, 1.165) is 57.6 Å². The van der Waals surface area contributed by atoms with Gasteiger partial charge in [0.05, 0.1) is 13.2 Å². The van der Waals surface area contributed by atoms with Gasteiger partial charge in [0.15, 0.2) is 6.61 Å². The highest BCUT2D eigenvalue weighted by Crippen LogP contribution is 2.33. The van der Waals surface area contributed by atoms with Gasteiger partial charge in [-0.05, 0) is 18.4 Å². The van der Waals surface area contributed by atoms with Crippen LogP contribution in [-0.4, -0.2) is 74.3 Å². The van der Waals surface area contributed by atoms with Crippen molar-refractivity contribution >= 4 is 17.9 Å². The van der Waals surface area contributed by atoms with Crippen molar-refractivity contribution in [3.63, 3.8) is 0 Å². The molecule has 0 spiro atoms. The Bertz CT molecular complexity index is 746. The van der Waals surface area contributed by atoms with Crippen LogP contribution in [0, 0.1) is 0 Å². The highest BCUT2D eigenvalue weighted by atomic mass is 16.5. The summed E-state index contributed by atoms with van der Waals surface area (Å²) in [6, 6.07) is 8.98. The van der Waals surface area contributed by atoms with E-state index in [1.807, 2.05) is 30.3 Å². The minimum atomic E-state index is -0.657. The highest BCUT2D eigenvalue weighted by Gasteiger charge is 2.38. The van der Waals surface area contributed by atoms with Crippen LogP contribution in [0.2, 0.25) is 0 Å². The normalized spacial score (nSPS) is 18.4. The molecule has 3 rings (SSSR count). The van der Waals surface area contributed by atoms with Crippen LogP contribution in [0.4, 0.5) is 4.79 Å². The van der Waals surface area contributed by atoms with Gasteiger partial charge in [0.2, 0.25) is 0 Å². The number of benzene rings is 1. The quantitative estimate of drug-likeness (QED) is 0.492. The van der Waals surface area contributed by atoms with Gasteiger partial charge < -0.3 is 25.4 Å². The van der Waals surface area contributed by atoms with Gasteiger partial charge in [-0.2, -0.15) is 0 Å². The summed E-state index contributed by atoms with van der Waals surface area (Å²) in [5, 5.41) is 8.05. The Morgan fingerprint density at radius 2 is 1.69 bits per heavy atom. The van der Waals surface area contributed by atoms with Gasteiger partial charge >= 0.3 is 12.0 Å². The molecule has 1 aromatic rings. The van der Waals surface area contributed by atoms with Crippen LogP contribution in [0.25, 0.3) is 0 Å². The predicted octanol–water partition coefficient (Wildman–Crippen LogP) is 1.18. The second kappa shape index (κ2) is 12.4. The molecule has 0 atom stereocenters. The van der Waals surface area contributed by atoms with Gasteiger partial charge in [0.1, 0.15) is 6.54 Å². The van der Waals surface area contributed by atoms with Crippen molar-refractivity contribution in [2.24, 2.45) is 0 Å². The summed E-state index contributed by atoms with van der Waals surface area (Å²) in [6.45, 7) is 3.44. The van der Waals surface area contributed by atoms with E-state index in [4.69, 9.17) is 9.47 Å². The maximum absolute atomic E-state index is 12.3. The summed E-state index contributed by atoms with van der Waals surface area (Å²) < 4.78 is 10.5. The monoisotopic (exact) mass is 446 g/mol. The Morgan fingerprint density at radius 1 is 0.969 bits per heavy atom. The lowest BCUT2D eigenvalue weighted by molar-refractivity contribution is -0.147. The number of carbonyl (C=O) groups is 3. The van der Waals surface area contributed by atoms with Crippen LogP contribution in [0.1, 0.15) is 37.7 Å². The Labute approximate surface area is 189 Å². The molecule has 1 aromatic carbocycles. The van der Waals surface area contributed by atoms with Gasteiger partial charge in [-0.15, -0.1) is 0 Å². The second-order valence-electron chi connectivity index (χ2n) is 8.34. The maximum Gasteiger partial charge on any atom is 0.325 e. The van der Waals surface area contributed by atoms with Crippen LogP contribution in [0.5, 0.6) is 0 Å². The van der Waals surface area contributed by atoms with E-state index in [-0.39, 0.29) is 24.6 Å². The molecule has 9 nitrogen and oxygen atoms in total. The minimum Gasteiger partial charge on any atom is -0.454 e. The summed E-state index contributed by atoms with van der Waals surface area (Å²) in [5.74, 6) is -0.986. The minimum absolute atomic E-state index is 0.0416. The average Bonchev–Trinajstić information content (AvgIpc) is 2.85. The second-order valence-corrected chi connectivity index (χ2v) is 8.34. The summed E-state index contributed by atoms with van der Waals surface area (Å²) >= 11 is 0. The third-order valence-electron chi connectivity index (χ3n) is 6.13. The molecule has 0 radical (unpaired) electrons. The van der Waals surface area contributed by atoms with Crippen molar-refractivity contribution in [1.29, 1.82) is 0 Å². The first-order valence-electron chi connectivity index (χ1n) is 11.4. The van der Waals surface area contributed by atoms with Crippen LogP contribution in [0.3, 0.4) is 0 Å². The van der Waals surface area contributed by atoms with Gasteiger partial charge in [0, 0.05) is 31.7 Å². The summed E-state index contributed by atoms with van der Waals surface area (Å²) in [6.07, 6.45) is 5.63. The molecule has 1 aliphatic heterocycles. The third-order valence-corrected chi connectivity index (χ3v) is 6.13. The predicted molar refractivity (Wildman–Crippen MR) is 119 cm³/mol. The molecule has 1 saturated heterocycles. The lowest BCUT2D eigenvalue weighted by atomic mass is 9.79. The number of hydrogen-bond donors (Lipinski definition) is 3. The fourth-order valence-corrected chi connectivity index (χ4v) is 4.36. The molecule has 1 heterocycles. The number of amides is 3. The standard InChI is InChI=1S/C23H34N4O5/c28-20(26-18-23(9-5-2-6-10-23)27-11-13-31-14-12-27)17-32-21(29)16-25-22(30)24-15-19-7-3-1-4-8-19/h1,3-4,7-8H,2,5-6,9-18H2,(H,26,28)(H2,24,25,30). The number of hydrogen-bond acceptors (Lipinski definition) is 6. The third kappa shape index (κ3) is 7.49. The molecular formula is C23H34N4O5. The Balaban J connectivity index is 1.33. The summed E-state index contributed by atoms with van der Waals surface area (Å²) in [4.78, 5) is 38.4. The largest absolute Gasteiger partial charge is 0.454 e. The number of urea groups is 1. The van der Waals surface area contributed by atoms with E-state index < -0.39 is 12.0 Å². The zero-order chi connectivity index (χ0) is 22.7. The van der Waals surface area contributed by atoms with Crippen molar-refractivity contribution in [1.82, 2.24) is 20.9 Å². The van der Waals surface area contributed by atoms with Crippen molar-refractivity contribution < 1.29 is 23.9 Å². The smallest absolute Gasteiger partial charge is 0.325 e. The molecule has 9 heteroatoms. The van der Waals surface area contributed by atoms with E-state index in [9.17, 15) is 14.4 Å². The van der Waals surface area contributed by atoms with E-state index in [1.54, 1.807) is 0 Å². The Morgan fingerprint density at radius 3 is 2.41 bits per heavy atom. The molecule has 0 unspecified atom stereocenters. The number of ether oxygens (including phenoxy) is 2. The maximum atomic E-state index is 12.3. The van der Waals surface area contributed by atoms with E-state index >= 15 is 0 Å². The highest BCUT2D eigenvalue weighted by molar-refractivity contribution is 5.83.